The summed E-state index contributed by atoms with van der Waals surface area (Å²) < 4.78 is 15.0. The Morgan fingerprint density at radius 1 is 0.974 bits per heavy atom. The molecule has 204 valence electrons. The van der Waals surface area contributed by atoms with Crippen molar-refractivity contribution in [1.82, 2.24) is 29.4 Å². The Labute approximate surface area is 223 Å². The number of hydrogen-bond donors (Lipinski definition) is 0. The summed E-state index contributed by atoms with van der Waals surface area (Å²) in [6.07, 6.45) is 10.3. The summed E-state index contributed by atoms with van der Waals surface area (Å²) in [6.45, 7) is 11.0. The van der Waals surface area contributed by atoms with Crippen LogP contribution in [0.25, 0.3) is 22.0 Å². The molecule has 3 aromatic heterocycles. The van der Waals surface area contributed by atoms with E-state index in [1.54, 1.807) is 41.5 Å². The molecule has 3 aromatic rings. The predicted molar refractivity (Wildman–Crippen MR) is 143 cm³/mol. The van der Waals surface area contributed by atoms with Crippen LogP contribution in [0.15, 0.2) is 24.8 Å². The molecule has 3 heterocycles. The fourth-order valence-corrected chi connectivity index (χ4v) is 4.97. The highest BCUT2D eigenvalue weighted by Crippen LogP contribution is 2.46. The fourth-order valence-electron chi connectivity index (χ4n) is 4.97. The molecule has 0 N–H and O–H groups in total. The summed E-state index contributed by atoms with van der Waals surface area (Å²) >= 11 is 0. The average molecular weight is 523 g/mol. The van der Waals surface area contributed by atoms with Gasteiger partial charge in [-0.3, -0.25) is 14.3 Å². The lowest BCUT2D eigenvalue weighted by Gasteiger charge is -2.38. The minimum Gasteiger partial charge on any atom is -0.443 e. The molecule has 0 spiro atoms. The third-order valence-corrected chi connectivity index (χ3v) is 6.91. The molecular weight excluding hydrogens is 484 g/mol. The van der Waals surface area contributed by atoms with E-state index in [1.807, 2.05) is 30.3 Å². The molecule has 0 aromatic carbocycles. The second-order valence-electron chi connectivity index (χ2n) is 12.6. The highest BCUT2D eigenvalue weighted by atomic mass is 16.6. The second kappa shape index (κ2) is 9.39. The molecule has 2 fully saturated rings. The molecule has 10 nitrogen and oxygen atoms in total. The molecule has 10 heteroatoms. The Kier molecular flexibility index (Phi) is 6.47. The maximum atomic E-state index is 12.9. The Hall–Kier alpha value is -3.43. The third-order valence-electron chi connectivity index (χ3n) is 6.91. The van der Waals surface area contributed by atoms with E-state index >= 15 is 0 Å². The lowest BCUT2D eigenvalue weighted by Crippen LogP contribution is -2.47. The SMILES string of the molecule is Cn1ncc2cncc(-c3cn([C@H]4C[C@H](CN(C(=O)OC(C)(C)C)C(=O)OC(C)(C)C)C4)nc3C3CC3)c21. The number of amides is 2. The molecular formula is C28H38N6O4. The van der Waals surface area contributed by atoms with Crippen molar-refractivity contribution in [1.29, 1.82) is 0 Å². The Morgan fingerprint density at radius 2 is 1.61 bits per heavy atom. The number of rotatable bonds is 5. The van der Waals surface area contributed by atoms with Gasteiger partial charge in [0.25, 0.3) is 0 Å². The van der Waals surface area contributed by atoms with Crippen LogP contribution >= 0.6 is 0 Å². The zero-order valence-electron chi connectivity index (χ0n) is 23.4. The van der Waals surface area contributed by atoms with Crippen LogP contribution in [0.2, 0.25) is 0 Å². The summed E-state index contributed by atoms with van der Waals surface area (Å²) in [5, 5.41) is 10.5. The normalized spacial score (nSPS) is 19.8. The standard InChI is InChI=1S/C28H38N6O4/c1-27(2,3)37-25(35)33(26(36)38-28(4,5)6)15-17-10-20(11-17)34-16-22(23(31-34)18-8-9-18)21-14-29-12-19-13-30-32(7)24(19)21/h12-14,16-18,20H,8-11,15H2,1-7H3/t17-,20-. The van der Waals surface area contributed by atoms with E-state index < -0.39 is 23.4 Å². The van der Waals surface area contributed by atoms with Gasteiger partial charge in [0.2, 0.25) is 0 Å². The zero-order chi connectivity index (χ0) is 27.4. The Bertz CT molecular complexity index is 1320. The number of carbonyl (C=O) groups excluding carboxylic acids is 2. The maximum absolute atomic E-state index is 12.9. The summed E-state index contributed by atoms with van der Waals surface area (Å²) in [7, 11) is 1.95. The molecule has 38 heavy (non-hydrogen) atoms. The van der Waals surface area contributed by atoms with E-state index in [0.717, 1.165) is 58.3 Å². The number of ether oxygens (including phenoxy) is 2. The van der Waals surface area contributed by atoms with Gasteiger partial charge in [0.15, 0.2) is 0 Å². The van der Waals surface area contributed by atoms with Crippen molar-refractivity contribution in [2.24, 2.45) is 13.0 Å². The Morgan fingerprint density at radius 3 is 2.18 bits per heavy atom. The van der Waals surface area contributed by atoms with Gasteiger partial charge in [-0.2, -0.15) is 10.2 Å². The molecule has 0 radical (unpaired) electrons. The molecule has 0 bridgehead atoms. The van der Waals surface area contributed by atoms with Crippen molar-refractivity contribution in [2.75, 3.05) is 6.54 Å². The molecule has 2 aliphatic rings. The van der Waals surface area contributed by atoms with E-state index in [-0.39, 0.29) is 18.5 Å². The van der Waals surface area contributed by atoms with Crippen molar-refractivity contribution in [3.05, 3.63) is 30.5 Å². The van der Waals surface area contributed by atoms with Gasteiger partial charge in [0.05, 0.1) is 23.4 Å². The summed E-state index contributed by atoms with van der Waals surface area (Å²) in [4.78, 5) is 31.3. The van der Waals surface area contributed by atoms with Gasteiger partial charge in [-0.05, 0) is 73.1 Å². The number of fused-ring (bicyclic) bond motifs is 1. The minimum absolute atomic E-state index is 0.138. The van der Waals surface area contributed by atoms with E-state index in [1.165, 1.54) is 0 Å². The number of aromatic nitrogens is 5. The first-order valence-electron chi connectivity index (χ1n) is 13.4. The first-order valence-corrected chi connectivity index (χ1v) is 13.4. The number of aryl methyl sites for hydroxylation is 1. The zero-order valence-corrected chi connectivity index (χ0v) is 23.4. The lowest BCUT2D eigenvalue weighted by atomic mass is 9.80. The lowest BCUT2D eigenvalue weighted by molar-refractivity contribution is -0.00641. The van der Waals surface area contributed by atoms with Crippen LogP contribution in [0.3, 0.4) is 0 Å². The highest BCUT2D eigenvalue weighted by molar-refractivity contribution is 5.93. The number of pyridine rings is 1. The van der Waals surface area contributed by atoms with Gasteiger partial charge >= 0.3 is 12.2 Å². The van der Waals surface area contributed by atoms with Gasteiger partial charge < -0.3 is 9.47 Å². The van der Waals surface area contributed by atoms with Crippen LogP contribution in [-0.2, 0) is 16.5 Å². The highest BCUT2D eigenvalue weighted by Gasteiger charge is 2.39. The van der Waals surface area contributed by atoms with Crippen LogP contribution in [0.1, 0.15) is 84.9 Å². The first-order chi connectivity index (χ1) is 17.8. The first kappa shape index (κ1) is 26.2. The van der Waals surface area contributed by atoms with E-state index in [4.69, 9.17) is 14.6 Å². The van der Waals surface area contributed by atoms with Crippen molar-refractivity contribution in [3.8, 4) is 11.1 Å². The average Bonchev–Trinajstić information content (AvgIpc) is 3.41. The fraction of sp³-hybridized carbons (Fsp3) is 0.607. The van der Waals surface area contributed by atoms with Gasteiger partial charge in [0.1, 0.15) is 11.2 Å². The molecule has 0 aliphatic heterocycles. The van der Waals surface area contributed by atoms with Gasteiger partial charge in [-0.15, -0.1) is 0 Å². The van der Waals surface area contributed by atoms with Gasteiger partial charge in [-0.1, -0.05) is 0 Å². The second-order valence-corrected chi connectivity index (χ2v) is 12.6. The number of nitrogens with zero attached hydrogens (tertiary/aromatic N) is 6. The molecule has 2 amide bonds. The summed E-state index contributed by atoms with van der Waals surface area (Å²) in [5.74, 6) is 0.611. The maximum Gasteiger partial charge on any atom is 0.419 e. The van der Waals surface area contributed by atoms with Crippen molar-refractivity contribution < 1.29 is 19.1 Å². The summed E-state index contributed by atoms with van der Waals surface area (Å²) in [5.41, 5.74) is 2.91. The van der Waals surface area contributed by atoms with Crippen LogP contribution in [0, 0.1) is 5.92 Å². The minimum atomic E-state index is -0.713. The van der Waals surface area contributed by atoms with Crippen molar-refractivity contribution in [3.63, 3.8) is 0 Å². The smallest absolute Gasteiger partial charge is 0.419 e. The molecule has 0 saturated heterocycles. The summed E-state index contributed by atoms with van der Waals surface area (Å²) in [6, 6.07) is 0.198. The van der Waals surface area contributed by atoms with Crippen LogP contribution < -0.4 is 0 Å². The van der Waals surface area contributed by atoms with Crippen LogP contribution in [-0.4, -0.2) is 59.4 Å². The van der Waals surface area contributed by atoms with E-state index in [0.29, 0.717) is 5.92 Å². The Balaban J connectivity index is 1.33. The van der Waals surface area contributed by atoms with Crippen LogP contribution in [0.4, 0.5) is 9.59 Å². The van der Waals surface area contributed by atoms with Crippen molar-refractivity contribution in [2.45, 2.75) is 90.4 Å². The number of imide groups is 1. The third kappa shape index (κ3) is 5.54. The van der Waals surface area contributed by atoms with E-state index in [2.05, 4.69) is 21.0 Å². The largest absolute Gasteiger partial charge is 0.443 e. The molecule has 2 saturated carbocycles. The van der Waals surface area contributed by atoms with Crippen molar-refractivity contribution >= 4 is 23.1 Å². The molecule has 5 rings (SSSR count). The number of hydrogen-bond acceptors (Lipinski definition) is 7. The van der Waals surface area contributed by atoms with Gasteiger partial charge in [-0.25, -0.2) is 14.5 Å². The monoisotopic (exact) mass is 522 g/mol. The van der Waals surface area contributed by atoms with E-state index in [9.17, 15) is 9.59 Å². The molecule has 0 atom stereocenters. The molecule has 0 unspecified atom stereocenters. The van der Waals surface area contributed by atoms with Crippen LogP contribution in [0.5, 0.6) is 0 Å². The topological polar surface area (TPSA) is 104 Å². The molecule has 2 aliphatic carbocycles. The predicted octanol–water partition coefficient (Wildman–Crippen LogP) is 5.83. The van der Waals surface area contributed by atoms with Gasteiger partial charge in [0, 0.05) is 54.6 Å². The quantitative estimate of drug-likeness (QED) is 0.415. The number of carbonyl (C=O) groups is 2.